The summed E-state index contributed by atoms with van der Waals surface area (Å²) in [7, 11) is 0. The van der Waals surface area contributed by atoms with Gasteiger partial charge < -0.3 is 0 Å². The molecule has 5 heteroatoms. The van der Waals surface area contributed by atoms with Crippen molar-refractivity contribution in [3.63, 3.8) is 0 Å². The molecule has 0 saturated carbocycles. The van der Waals surface area contributed by atoms with E-state index in [2.05, 4.69) is 47.8 Å². The lowest BCUT2D eigenvalue weighted by atomic mass is 9.79. The fourth-order valence-corrected chi connectivity index (χ4v) is 4.92. The van der Waals surface area contributed by atoms with Gasteiger partial charge >= 0.3 is 0 Å². The third-order valence-electron chi connectivity index (χ3n) is 3.50. The zero-order valence-corrected chi connectivity index (χ0v) is 15.8. The van der Waals surface area contributed by atoms with E-state index in [0.29, 0.717) is 22.6 Å². The highest BCUT2D eigenvalue weighted by Gasteiger charge is 2.33. The lowest BCUT2D eigenvalue weighted by molar-refractivity contribution is 0.513. The summed E-state index contributed by atoms with van der Waals surface area (Å²) in [6.45, 7) is 0. The number of benzene rings is 2. The Hall–Kier alpha value is -0.260. The molecule has 0 heterocycles. The minimum absolute atomic E-state index is 0.321. The fourth-order valence-electron chi connectivity index (χ4n) is 2.29. The molecular formula is C16H13Br3F2. The average molecular weight is 483 g/mol. The summed E-state index contributed by atoms with van der Waals surface area (Å²) in [6, 6.07) is 11.6. The van der Waals surface area contributed by atoms with Gasteiger partial charge in [-0.25, -0.2) is 8.78 Å². The molecule has 0 aliphatic rings. The molecule has 0 aliphatic carbocycles. The van der Waals surface area contributed by atoms with Crippen LogP contribution >= 0.6 is 47.8 Å². The van der Waals surface area contributed by atoms with E-state index < -0.39 is 11.6 Å². The molecule has 0 unspecified atom stereocenters. The predicted molar refractivity (Wildman–Crippen MR) is 93.5 cm³/mol. The van der Waals surface area contributed by atoms with Gasteiger partial charge in [0.05, 0.1) is 0 Å². The minimum Gasteiger partial charge on any atom is -0.207 e. The molecule has 0 radical (unpaired) electrons. The molecule has 0 fully saturated rings. The molecule has 2 rings (SSSR count). The van der Waals surface area contributed by atoms with Crippen LogP contribution in [0.25, 0.3) is 0 Å². The topological polar surface area (TPSA) is 0 Å². The van der Waals surface area contributed by atoms with E-state index in [1.54, 1.807) is 0 Å². The van der Waals surface area contributed by atoms with Crippen LogP contribution in [0.15, 0.2) is 46.9 Å². The van der Waals surface area contributed by atoms with E-state index in [4.69, 9.17) is 0 Å². The zero-order chi connectivity index (χ0) is 15.5. The van der Waals surface area contributed by atoms with Gasteiger partial charge in [-0.1, -0.05) is 72.1 Å². The first-order valence-electron chi connectivity index (χ1n) is 6.33. The number of hydrogen-bond donors (Lipinski definition) is 0. The van der Waals surface area contributed by atoms with Gasteiger partial charge in [0.1, 0.15) is 11.6 Å². The summed E-state index contributed by atoms with van der Waals surface area (Å²) in [5.41, 5.74) is 1.27. The van der Waals surface area contributed by atoms with Crippen LogP contribution < -0.4 is 0 Å². The molecule has 21 heavy (non-hydrogen) atoms. The highest BCUT2D eigenvalue weighted by molar-refractivity contribution is 9.10. The highest BCUT2D eigenvalue weighted by atomic mass is 79.9. The number of alkyl halides is 2. The lowest BCUT2D eigenvalue weighted by Crippen LogP contribution is -2.33. The third-order valence-corrected chi connectivity index (χ3v) is 6.34. The maximum Gasteiger partial charge on any atom is 0.129 e. The van der Waals surface area contributed by atoms with E-state index >= 15 is 0 Å². The van der Waals surface area contributed by atoms with Crippen LogP contribution in [0.5, 0.6) is 0 Å². The third kappa shape index (κ3) is 3.74. The number of halogens is 5. The second-order valence-electron chi connectivity index (χ2n) is 4.94. The Labute approximate surface area is 148 Å². The van der Waals surface area contributed by atoms with Crippen molar-refractivity contribution >= 4 is 47.8 Å². The van der Waals surface area contributed by atoms with E-state index in [1.165, 1.54) is 12.1 Å². The van der Waals surface area contributed by atoms with Crippen molar-refractivity contribution in [1.29, 1.82) is 0 Å². The van der Waals surface area contributed by atoms with Crippen molar-refractivity contribution in [1.82, 2.24) is 0 Å². The summed E-state index contributed by atoms with van der Waals surface area (Å²) in [4.78, 5) is 0. The summed E-state index contributed by atoms with van der Waals surface area (Å²) in [6.07, 6.45) is 0.470. The van der Waals surface area contributed by atoms with Crippen LogP contribution in [0, 0.1) is 11.6 Å². The Morgan fingerprint density at radius 1 is 0.952 bits per heavy atom. The second-order valence-corrected chi connectivity index (χ2v) is 6.92. The summed E-state index contributed by atoms with van der Waals surface area (Å²) >= 11 is 10.7. The van der Waals surface area contributed by atoms with Gasteiger partial charge in [-0.05, 0) is 29.7 Å². The van der Waals surface area contributed by atoms with Crippen molar-refractivity contribution in [2.24, 2.45) is 0 Å². The standard InChI is InChI=1S/C16H13Br3F2/c17-9-16(10-18,13-3-1-2-4-14(13)19)8-11-5-6-12(20)7-15(11)21/h1-7H,8-10H2. The summed E-state index contributed by atoms with van der Waals surface area (Å²) < 4.78 is 28.0. The van der Waals surface area contributed by atoms with Crippen LogP contribution in [0.1, 0.15) is 11.1 Å². The van der Waals surface area contributed by atoms with Crippen molar-refractivity contribution < 1.29 is 8.78 Å². The molecule has 0 N–H and O–H groups in total. The Morgan fingerprint density at radius 3 is 2.19 bits per heavy atom. The van der Waals surface area contributed by atoms with Gasteiger partial charge in [-0.3, -0.25) is 0 Å². The minimum atomic E-state index is -0.555. The van der Waals surface area contributed by atoms with Gasteiger partial charge in [-0.2, -0.15) is 0 Å². The summed E-state index contributed by atoms with van der Waals surface area (Å²) in [5.74, 6) is -1.06. The molecule has 0 spiro atoms. The highest BCUT2D eigenvalue weighted by Crippen LogP contribution is 2.37. The van der Waals surface area contributed by atoms with Gasteiger partial charge in [0, 0.05) is 26.6 Å². The Balaban J connectivity index is 2.46. The van der Waals surface area contributed by atoms with E-state index in [0.717, 1.165) is 16.1 Å². The Morgan fingerprint density at radius 2 is 1.62 bits per heavy atom. The predicted octanol–water partition coefficient (Wildman–Crippen LogP) is 6.00. The van der Waals surface area contributed by atoms with E-state index in [-0.39, 0.29) is 5.41 Å². The largest absolute Gasteiger partial charge is 0.207 e. The smallest absolute Gasteiger partial charge is 0.129 e. The fraction of sp³-hybridized carbons (Fsp3) is 0.250. The molecule has 112 valence electrons. The van der Waals surface area contributed by atoms with Crippen LogP contribution in [0.4, 0.5) is 8.78 Å². The molecular weight excluding hydrogens is 470 g/mol. The molecule has 0 nitrogen and oxygen atoms in total. The number of rotatable bonds is 5. The molecule has 0 bridgehead atoms. The molecule has 0 amide bonds. The van der Waals surface area contributed by atoms with Gasteiger partial charge in [-0.15, -0.1) is 0 Å². The monoisotopic (exact) mass is 480 g/mol. The van der Waals surface area contributed by atoms with Crippen LogP contribution in [-0.2, 0) is 11.8 Å². The quantitative estimate of drug-likeness (QED) is 0.459. The zero-order valence-electron chi connectivity index (χ0n) is 11.1. The molecule has 2 aromatic rings. The van der Waals surface area contributed by atoms with Crippen LogP contribution in [0.2, 0.25) is 0 Å². The first kappa shape index (κ1) is 17.1. The normalized spacial score (nSPS) is 11.7. The second kappa shape index (κ2) is 7.34. The lowest BCUT2D eigenvalue weighted by Gasteiger charge is -2.32. The molecule has 2 aromatic carbocycles. The maximum atomic E-state index is 14.0. The van der Waals surface area contributed by atoms with Crippen molar-refractivity contribution in [3.05, 3.63) is 69.7 Å². The van der Waals surface area contributed by atoms with Crippen LogP contribution in [-0.4, -0.2) is 10.7 Å². The number of hydrogen-bond acceptors (Lipinski definition) is 0. The summed E-state index contributed by atoms with van der Waals surface area (Å²) in [5, 5.41) is 1.31. The van der Waals surface area contributed by atoms with Crippen molar-refractivity contribution in [2.45, 2.75) is 11.8 Å². The van der Waals surface area contributed by atoms with E-state index in [1.807, 2.05) is 24.3 Å². The first-order valence-corrected chi connectivity index (χ1v) is 9.37. The van der Waals surface area contributed by atoms with Gasteiger partial charge in [0.25, 0.3) is 0 Å². The van der Waals surface area contributed by atoms with Crippen molar-refractivity contribution in [2.75, 3.05) is 10.7 Å². The molecule has 0 saturated heterocycles. The molecule has 0 aromatic heterocycles. The van der Waals surface area contributed by atoms with Crippen LogP contribution in [0.3, 0.4) is 0 Å². The van der Waals surface area contributed by atoms with Gasteiger partial charge in [0.15, 0.2) is 0 Å². The average Bonchev–Trinajstić information content (AvgIpc) is 2.48. The first-order chi connectivity index (χ1) is 10.0. The van der Waals surface area contributed by atoms with Crippen molar-refractivity contribution in [3.8, 4) is 0 Å². The molecule has 0 aliphatic heterocycles. The van der Waals surface area contributed by atoms with Gasteiger partial charge in [0.2, 0.25) is 0 Å². The molecule has 0 atom stereocenters. The SMILES string of the molecule is Fc1ccc(CC(CBr)(CBr)c2ccccc2Br)c(F)c1. The van der Waals surface area contributed by atoms with E-state index in [9.17, 15) is 8.78 Å². The maximum absolute atomic E-state index is 14.0. The Bertz CT molecular complexity index is 625. The Kier molecular flexibility index (Phi) is 5.97.